The Balaban J connectivity index is 2.71. The molecule has 4 heteroatoms. The Hall–Kier alpha value is -1.32. The molecular formula is C9H9BFNO. The third-order valence-electron chi connectivity index (χ3n) is 2.41. The summed E-state index contributed by atoms with van der Waals surface area (Å²) < 4.78 is 13.5. The first-order chi connectivity index (χ1) is 6.11. The Kier molecular flexibility index (Phi) is 1.65. The Morgan fingerprint density at radius 1 is 1.54 bits per heavy atom. The minimum Gasteiger partial charge on any atom is -0.345 e. The number of amides is 1. The number of carbonyl (C=O) groups excluding carboxylic acids is 1. The third-order valence-corrected chi connectivity index (χ3v) is 2.41. The van der Waals surface area contributed by atoms with Gasteiger partial charge in [-0.15, -0.1) is 0 Å². The van der Waals surface area contributed by atoms with Gasteiger partial charge in [-0.1, -0.05) is 17.6 Å². The quantitative estimate of drug-likeness (QED) is 0.550. The zero-order chi connectivity index (χ0) is 9.59. The topological polar surface area (TPSA) is 29.1 Å². The van der Waals surface area contributed by atoms with Crippen LogP contribution < -0.4 is 10.8 Å². The Morgan fingerprint density at radius 2 is 2.23 bits per heavy atom. The number of carbonyl (C=O) groups is 1. The minimum atomic E-state index is -0.389. The second-order valence-electron chi connectivity index (χ2n) is 3.36. The molecule has 13 heavy (non-hydrogen) atoms. The van der Waals surface area contributed by atoms with Crippen molar-refractivity contribution in [2.24, 2.45) is 0 Å². The second-order valence-corrected chi connectivity index (χ2v) is 3.36. The van der Waals surface area contributed by atoms with Crippen molar-refractivity contribution in [2.75, 3.05) is 0 Å². The smallest absolute Gasteiger partial charge is 0.255 e. The number of halogens is 1. The SMILES string of the molecule is Bc1ccc2c(c1F)C(=O)NC2C. The van der Waals surface area contributed by atoms with Crippen molar-refractivity contribution >= 4 is 19.2 Å². The highest BCUT2D eigenvalue weighted by atomic mass is 19.1. The van der Waals surface area contributed by atoms with Crippen molar-refractivity contribution < 1.29 is 9.18 Å². The van der Waals surface area contributed by atoms with Gasteiger partial charge in [-0.2, -0.15) is 0 Å². The van der Waals surface area contributed by atoms with Gasteiger partial charge < -0.3 is 5.32 Å². The zero-order valence-electron chi connectivity index (χ0n) is 7.52. The van der Waals surface area contributed by atoms with Crippen molar-refractivity contribution in [3.8, 4) is 0 Å². The summed E-state index contributed by atoms with van der Waals surface area (Å²) in [4.78, 5) is 11.3. The van der Waals surface area contributed by atoms with E-state index in [1.807, 2.05) is 6.92 Å². The first-order valence-electron chi connectivity index (χ1n) is 4.21. The van der Waals surface area contributed by atoms with Crippen LogP contribution in [0.15, 0.2) is 12.1 Å². The molecule has 1 atom stereocenters. The molecule has 1 heterocycles. The number of nitrogens with one attached hydrogen (secondary N) is 1. The van der Waals surface area contributed by atoms with Gasteiger partial charge in [-0.25, -0.2) is 4.39 Å². The molecule has 0 saturated carbocycles. The van der Waals surface area contributed by atoms with Crippen LogP contribution in [-0.4, -0.2) is 13.8 Å². The molecule has 1 aliphatic rings. The zero-order valence-corrected chi connectivity index (χ0v) is 7.52. The first kappa shape index (κ1) is 8.29. The Morgan fingerprint density at radius 3 is 2.92 bits per heavy atom. The largest absolute Gasteiger partial charge is 0.345 e. The molecule has 1 aliphatic heterocycles. The van der Waals surface area contributed by atoms with Gasteiger partial charge in [0.15, 0.2) is 0 Å². The summed E-state index contributed by atoms with van der Waals surface area (Å²) in [5.41, 5.74) is 1.49. The Bertz CT molecular complexity index is 391. The Labute approximate surface area is 76.5 Å². The molecule has 1 unspecified atom stereocenters. The highest BCUT2D eigenvalue weighted by Crippen LogP contribution is 2.25. The van der Waals surface area contributed by atoms with Crippen LogP contribution in [0.4, 0.5) is 4.39 Å². The average Bonchev–Trinajstić information content (AvgIpc) is 2.35. The van der Waals surface area contributed by atoms with Crippen molar-refractivity contribution in [2.45, 2.75) is 13.0 Å². The average molecular weight is 177 g/mol. The summed E-state index contributed by atoms with van der Waals surface area (Å²) in [6, 6.07) is 3.43. The summed E-state index contributed by atoms with van der Waals surface area (Å²) in [6.07, 6.45) is 0. The van der Waals surface area contributed by atoms with Crippen LogP contribution in [0.3, 0.4) is 0 Å². The molecule has 1 aromatic carbocycles. The number of hydrogen-bond donors (Lipinski definition) is 1. The normalized spacial score (nSPS) is 19.8. The maximum atomic E-state index is 13.5. The summed E-state index contributed by atoms with van der Waals surface area (Å²) in [5, 5.41) is 2.67. The van der Waals surface area contributed by atoms with E-state index in [1.54, 1.807) is 20.0 Å². The van der Waals surface area contributed by atoms with Crippen LogP contribution in [0, 0.1) is 5.82 Å². The minimum absolute atomic E-state index is 0.0717. The van der Waals surface area contributed by atoms with Gasteiger partial charge >= 0.3 is 0 Å². The molecular weight excluding hydrogens is 168 g/mol. The van der Waals surface area contributed by atoms with Crippen LogP contribution in [0.2, 0.25) is 0 Å². The van der Waals surface area contributed by atoms with Gasteiger partial charge in [0, 0.05) is 0 Å². The highest BCUT2D eigenvalue weighted by molar-refractivity contribution is 6.33. The van der Waals surface area contributed by atoms with Crippen molar-refractivity contribution in [3.05, 3.63) is 29.1 Å². The standard InChI is InChI=1S/C9H9BFNO/c1-4-5-2-3-6(10)8(11)7(5)9(13)12-4/h2-4H,10H2,1H3,(H,12,13). The van der Waals surface area contributed by atoms with E-state index in [0.29, 0.717) is 5.46 Å². The van der Waals surface area contributed by atoms with E-state index in [9.17, 15) is 9.18 Å². The molecule has 0 aliphatic carbocycles. The van der Waals surface area contributed by atoms with E-state index >= 15 is 0 Å². The summed E-state index contributed by atoms with van der Waals surface area (Å²) in [6.45, 7) is 1.85. The fourth-order valence-corrected chi connectivity index (χ4v) is 1.63. The van der Waals surface area contributed by atoms with Crippen molar-refractivity contribution in [1.82, 2.24) is 5.32 Å². The van der Waals surface area contributed by atoms with Gasteiger partial charge in [0.25, 0.3) is 5.91 Å². The van der Waals surface area contributed by atoms with Crippen molar-refractivity contribution in [3.63, 3.8) is 0 Å². The summed E-state index contributed by atoms with van der Waals surface area (Å²) in [5.74, 6) is -0.692. The van der Waals surface area contributed by atoms with Gasteiger partial charge in [0.2, 0.25) is 0 Å². The predicted octanol–water partition coefficient (Wildman–Crippen LogP) is -0.112. The maximum absolute atomic E-state index is 13.5. The lowest BCUT2D eigenvalue weighted by molar-refractivity contribution is 0.0955. The molecule has 1 aromatic rings. The molecule has 1 amide bonds. The van der Waals surface area contributed by atoms with Gasteiger partial charge in [0.05, 0.1) is 11.6 Å². The molecule has 0 fully saturated rings. The van der Waals surface area contributed by atoms with Crippen LogP contribution in [-0.2, 0) is 0 Å². The summed E-state index contributed by atoms with van der Waals surface area (Å²) in [7, 11) is 1.66. The van der Waals surface area contributed by atoms with Crippen LogP contribution in [0.5, 0.6) is 0 Å². The lowest BCUT2D eigenvalue weighted by Crippen LogP contribution is -2.18. The molecule has 0 bridgehead atoms. The molecule has 0 radical (unpaired) electrons. The predicted molar refractivity (Wildman–Crippen MR) is 50.5 cm³/mol. The number of rotatable bonds is 0. The van der Waals surface area contributed by atoms with Crippen LogP contribution in [0.1, 0.15) is 28.9 Å². The monoisotopic (exact) mass is 177 g/mol. The molecule has 1 N–H and O–H groups in total. The van der Waals surface area contributed by atoms with E-state index < -0.39 is 0 Å². The van der Waals surface area contributed by atoms with Gasteiger partial charge in [0.1, 0.15) is 13.7 Å². The van der Waals surface area contributed by atoms with E-state index in [1.165, 1.54) is 0 Å². The number of fused-ring (bicyclic) bond motifs is 1. The number of benzene rings is 1. The molecule has 66 valence electrons. The number of hydrogen-bond acceptors (Lipinski definition) is 1. The van der Waals surface area contributed by atoms with Crippen LogP contribution in [0.25, 0.3) is 0 Å². The lowest BCUT2D eigenvalue weighted by atomic mass is 9.90. The van der Waals surface area contributed by atoms with Crippen molar-refractivity contribution in [1.29, 1.82) is 0 Å². The molecule has 0 saturated heterocycles. The van der Waals surface area contributed by atoms with E-state index in [0.717, 1.165) is 5.56 Å². The van der Waals surface area contributed by atoms with E-state index in [2.05, 4.69) is 5.32 Å². The maximum Gasteiger partial charge on any atom is 0.255 e. The van der Waals surface area contributed by atoms with E-state index in [-0.39, 0.29) is 23.3 Å². The molecule has 0 spiro atoms. The third kappa shape index (κ3) is 1.05. The lowest BCUT2D eigenvalue weighted by Gasteiger charge is -2.03. The highest BCUT2D eigenvalue weighted by Gasteiger charge is 2.28. The van der Waals surface area contributed by atoms with Gasteiger partial charge in [-0.05, 0) is 12.5 Å². The fourth-order valence-electron chi connectivity index (χ4n) is 1.63. The first-order valence-corrected chi connectivity index (χ1v) is 4.21. The molecule has 2 nitrogen and oxygen atoms in total. The van der Waals surface area contributed by atoms with Crippen LogP contribution >= 0.6 is 0 Å². The molecule has 2 rings (SSSR count). The molecule has 0 aromatic heterocycles. The fraction of sp³-hybridized carbons (Fsp3) is 0.222. The van der Waals surface area contributed by atoms with E-state index in [4.69, 9.17) is 0 Å². The van der Waals surface area contributed by atoms with Gasteiger partial charge in [-0.3, -0.25) is 4.79 Å². The summed E-state index contributed by atoms with van der Waals surface area (Å²) >= 11 is 0. The second kappa shape index (κ2) is 2.59.